The summed E-state index contributed by atoms with van der Waals surface area (Å²) in [5.74, 6) is -0.0191. The molecule has 0 bridgehead atoms. The topological polar surface area (TPSA) is 84.9 Å². The van der Waals surface area contributed by atoms with Crippen molar-refractivity contribution in [2.24, 2.45) is 0 Å². The number of hydrogen-bond donors (Lipinski definition) is 2. The standard InChI is InChI=1S/C22H25NO5/c1-22(2,21(25)26)28-18-11-8-16(9-12-18)14-15-23-20(24)13-10-17-6-4-5-7-19(17)27-3/h4-13H,14-15H2,1-3H3,(H,23,24)(H,25,26). The number of rotatable bonds is 9. The van der Waals surface area contributed by atoms with E-state index < -0.39 is 11.6 Å². The van der Waals surface area contributed by atoms with E-state index in [9.17, 15) is 9.59 Å². The minimum absolute atomic E-state index is 0.186. The molecule has 148 valence electrons. The van der Waals surface area contributed by atoms with Gasteiger partial charge in [0.1, 0.15) is 11.5 Å². The molecule has 0 heterocycles. The lowest BCUT2D eigenvalue weighted by atomic mass is 10.1. The van der Waals surface area contributed by atoms with E-state index in [2.05, 4.69) is 5.32 Å². The predicted molar refractivity (Wildman–Crippen MR) is 108 cm³/mol. The highest BCUT2D eigenvalue weighted by Gasteiger charge is 2.29. The summed E-state index contributed by atoms with van der Waals surface area (Å²) in [7, 11) is 1.59. The average Bonchev–Trinajstić information content (AvgIpc) is 2.67. The Morgan fingerprint density at radius 1 is 1.11 bits per heavy atom. The molecule has 28 heavy (non-hydrogen) atoms. The van der Waals surface area contributed by atoms with Crippen LogP contribution < -0.4 is 14.8 Å². The number of para-hydroxylation sites is 1. The highest BCUT2D eigenvalue weighted by Crippen LogP contribution is 2.20. The number of amides is 1. The molecule has 0 unspecified atom stereocenters. The highest BCUT2D eigenvalue weighted by molar-refractivity contribution is 5.92. The smallest absolute Gasteiger partial charge is 0.347 e. The third-order valence-corrected chi connectivity index (χ3v) is 4.08. The molecule has 0 aliphatic heterocycles. The molecule has 0 aromatic heterocycles. The number of carbonyl (C=O) groups excluding carboxylic acids is 1. The molecule has 2 aromatic rings. The molecule has 0 radical (unpaired) electrons. The minimum atomic E-state index is -1.29. The maximum Gasteiger partial charge on any atom is 0.347 e. The van der Waals surface area contributed by atoms with Crippen LogP contribution in [0, 0.1) is 0 Å². The Labute approximate surface area is 164 Å². The Morgan fingerprint density at radius 2 is 1.79 bits per heavy atom. The third-order valence-electron chi connectivity index (χ3n) is 4.08. The summed E-state index contributed by atoms with van der Waals surface area (Å²) in [5.41, 5.74) is 0.554. The van der Waals surface area contributed by atoms with Gasteiger partial charge >= 0.3 is 5.97 Å². The third kappa shape index (κ3) is 6.16. The molecule has 6 heteroatoms. The van der Waals surface area contributed by atoms with E-state index in [4.69, 9.17) is 14.6 Å². The molecule has 0 saturated heterocycles. The Balaban J connectivity index is 1.82. The average molecular weight is 383 g/mol. The van der Waals surface area contributed by atoms with Crippen LogP contribution in [-0.4, -0.2) is 36.2 Å². The van der Waals surface area contributed by atoms with Crippen LogP contribution in [0.1, 0.15) is 25.0 Å². The van der Waals surface area contributed by atoms with Gasteiger partial charge in [-0.15, -0.1) is 0 Å². The summed E-state index contributed by atoms with van der Waals surface area (Å²) < 4.78 is 10.7. The molecule has 2 aromatic carbocycles. The Bertz CT molecular complexity index is 840. The SMILES string of the molecule is COc1ccccc1C=CC(=O)NCCc1ccc(OC(C)(C)C(=O)O)cc1. The maximum absolute atomic E-state index is 12.0. The highest BCUT2D eigenvalue weighted by atomic mass is 16.5. The molecule has 0 aliphatic carbocycles. The lowest BCUT2D eigenvalue weighted by Gasteiger charge is -2.21. The number of hydrogen-bond acceptors (Lipinski definition) is 4. The maximum atomic E-state index is 12.0. The van der Waals surface area contributed by atoms with Crippen molar-refractivity contribution in [3.63, 3.8) is 0 Å². The van der Waals surface area contributed by atoms with Crippen LogP contribution in [0.3, 0.4) is 0 Å². The van der Waals surface area contributed by atoms with Gasteiger partial charge in [0, 0.05) is 18.2 Å². The van der Waals surface area contributed by atoms with Gasteiger partial charge in [-0.05, 0) is 50.1 Å². The second-order valence-corrected chi connectivity index (χ2v) is 6.68. The molecule has 0 spiro atoms. The number of carboxylic acids is 1. The van der Waals surface area contributed by atoms with Crippen LogP contribution in [0.25, 0.3) is 6.08 Å². The monoisotopic (exact) mass is 383 g/mol. The summed E-state index contributed by atoms with van der Waals surface area (Å²) in [4.78, 5) is 23.1. The summed E-state index contributed by atoms with van der Waals surface area (Å²) in [6.45, 7) is 3.48. The second-order valence-electron chi connectivity index (χ2n) is 6.68. The zero-order valence-electron chi connectivity index (χ0n) is 16.3. The fourth-order valence-electron chi connectivity index (χ4n) is 2.42. The first-order chi connectivity index (χ1) is 13.3. The number of aliphatic carboxylic acids is 1. The molecular weight excluding hydrogens is 358 g/mol. The second kappa shape index (κ2) is 9.60. The van der Waals surface area contributed by atoms with E-state index in [1.165, 1.54) is 19.9 Å². The Morgan fingerprint density at radius 3 is 2.43 bits per heavy atom. The summed E-state index contributed by atoms with van der Waals surface area (Å²) in [6.07, 6.45) is 3.84. The van der Waals surface area contributed by atoms with E-state index in [0.29, 0.717) is 24.5 Å². The Hall–Kier alpha value is -3.28. The first kappa shape index (κ1) is 21.0. The zero-order valence-corrected chi connectivity index (χ0v) is 16.3. The van der Waals surface area contributed by atoms with Crippen molar-refractivity contribution in [2.45, 2.75) is 25.9 Å². The minimum Gasteiger partial charge on any atom is -0.496 e. The van der Waals surface area contributed by atoms with Crippen molar-refractivity contribution in [3.05, 3.63) is 65.7 Å². The molecule has 0 atom stereocenters. The number of carbonyl (C=O) groups is 2. The number of nitrogens with one attached hydrogen (secondary N) is 1. The van der Waals surface area contributed by atoms with Crippen molar-refractivity contribution in [2.75, 3.05) is 13.7 Å². The lowest BCUT2D eigenvalue weighted by Crippen LogP contribution is -2.37. The zero-order chi connectivity index (χ0) is 20.6. The molecule has 2 N–H and O–H groups in total. The van der Waals surface area contributed by atoms with Crippen molar-refractivity contribution < 1.29 is 24.2 Å². The van der Waals surface area contributed by atoms with Crippen LogP contribution in [0.2, 0.25) is 0 Å². The predicted octanol–water partition coefficient (Wildman–Crippen LogP) is 3.31. The molecule has 0 saturated carbocycles. The Kier molecular flexibility index (Phi) is 7.21. The van der Waals surface area contributed by atoms with Crippen LogP contribution in [0.15, 0.2) is 54.6 Å². The van der Waals surface area contributed by atoms with Crippen molar-refractivity contribution >= 4 is 18.0 Å². The quantitative estimate of drug-likeness (QED) is 0.649. The summed E-state index contributed by atoms with van der Waals surface area (Å²) in [5, 5.41) is 11.9. The molecule has 1 amide bonds. The van der Waals surface area contributed by atoms with Crippen molar-refractivity contribution in [1.82, 2.24) is 5.32 Å². The van der Waals surface area contributed by atoms with Gasteiger partial charge in [0.25, 0.3) is 0 Å². The van der Waals surface area contributed by atoms with Crippen LogP contribution >= 0.6 is 0 Å². The van der Waals surface area contributed by atoms with Gasteiger partial charge in [-0.3, -0.25) is 4.79 Å². The molecule has 6 nitrogen and oxygen atoms in total. The van der Waals surface area contributed by atoms with Gasteiger partial charge in [-0.1, -0.05) is 30.3 Å². The van der Waals surface area contributed by atoms with E-state index in [1.807, 2.05) is 36.4 Å². The van der Waals surface area contributed by atoms with E-state index in [1.54, 1.807) is 25.3 Å². The molecular formula is C22H25NO5. The van der Waals surface area contributed by atoms with Gasteiger partial charge < -0.3 is 19.9 Å². The fraction of sp³-hybridized carbons (Fsp3) is 0.273. The number of carboxylic acid groups (broad SMARTS) is 1. The number of benzene rings is 2. The van der Waals surface area contributed by atoms with Crippen molar-refractivity contribution in [3.8, 4) is 11.5 Å². The van der Waals surface area contributed by atoms with Gasteiger partial charge in [-0.2, -0.15) is 0 Å². The first-order valence-corrected chi connectivity index (χ1v) is 8.92. The molecule has 2 rings (SSSR count). The van der Waals surface area contributed by atoms with E-state index in [0.717, 1.165) is 11.1 Å². The van der Waals surface area contributed by atoms with Gasteiger partial charge in [-0.25, -0.2) is 4.79 Å². The fourth-order valence-corrected chi connectivity index (χ4v) is 2.42. The van der Waals surface area contributed by atoms with Crippen LogP contribution in [0.5, 0.6) is 11.5 Å². The summed E-state index contributed by atoms with van der Waals surface area (Å²) in [6, 6.07) is 14.6. The lowest BCUT2D eigenvalue weighted by molar-refractivity contribution is -0.152. The van der Waals surface area contributed by atoms with Crippen LogP contribution in [0.4, 0.5) is 0 Å². The molecule has 0 aliphatic rings. The van der Waals surface area contributed by atoms with E-state index >= 15 is 0 Å². The molecule has 0 fully saturated rings. The summed E-state index contributed by atoms with van der Waals surface area (Å²) >= 11 is 0. The van der Waals surface area contributed by atoms with Crippen molar-refractivity contribution in [1.29, 1.82) is 0 Å². The number of ether oxygens (including phenoxy) is 2. The van der Waals surface area contributed by atoms with E-state index in [-0.39, 0.29) is 5.91 Å². The van der Waals surface area contributed by atoms with Gasteiger partial charge in [0.05, 0.1) is 7.11 Å². The number of methoxy groups -OCH3 is 1. The largest absolute Gasteiger partial charge is 0.496 e. The van der Waals surface area contributed by atoms with Gasteiger partial charge in [0.15, 0.2) is 5.60 Å². The normalized spacial score (nSPS) is 11.2. The van der Waals surface area contributed by atoms with Gasteiger partial charge in [0.2, 0.25) is 5.91 Å². The van der Waals surface area contributed by atoms with Crippen LogP contribution in [-0.2, 0) is 16.0 Å². The first-order valence-electron chi connectivity index (χ1n) is 8.92.